The molecule has 0 aliphatic carbocycles. The van der Waals surface area contributed by atoms with E-state index in [4.69, 9.17) is 14.8 Å². The Morgan fingerprint density at radius 3 is 2.06 bits per heavy atom. The summed E-state index contributed by atoms with van der Waals surface area (Å²) in [7, 11) is -3.17. The van der Waals surface area contributed by atoms with Crippen molar-refractivity contribution in [2.45, 2.75) is 33.7 Å². The molecular weight excluding hydrogens is 243 g/mol. The molecule has 0 aromatic heterocycles. The number of hydrogen-bond acceptors (Lipinski definition) is 5. The van der Waals surface area contributed by atoms with Crippen molar-refractivity contribution < 1.29 is 18.4 Å². The second-order valence-electron chi connectivity index (χ2n) is 3.93. The van der Waals surface area contributed by atoms with Gasteiger partial charge in [-0.1, -0.05) is 13.8 Å². The van der Waals surface area contributed by atoms with Gasteiger partial charge >= 0.3 is 7.60 Å². The van der Waals surface area contributed by atoms with E-state index in [1.54, 1.807) is 13.8 Å². The summed E-state index contributed by atoms with van der Waals surface area (Å²) in [6.07, 6.45) is -0.0134. The quantitative estimate of drug-likeness (QED) is 0.614. The van der Waals surface area contributed by atoms with E-state index in [0.717, 1.165) is 0 Å². The second kappa shape index (κ2) is 7.82. The number of amides is 1. The minimum absolute atomic E-state index is 0.0134. The number of nitrogens with two attached hydrogens (primary N) is 1. The SMILES string of the molecule is CCOP(=O)(CN[C@H](C(N)=O)C(C)C)OCC. The smallest absolute Gasteiger partial charge is 0.344 e. The van der Waals surface area contributed by atoms with Crippen molar-refractivity contribution in [1.29, 1.82) is 0 Å². The van der Waals surface area contributed by atoms with Gasteiger partial charge in [0.15, 0.2) is 0 Å². The lowest BCUT2D eigenvalue weighted by Crippen LogP contribution is -2.45. The van der Waals surface area contributed by atoms with Gasteiger partial charge in [0, 0.05) is 0 Å². The van der Waals surface area contributed by atoms with E-state index in [1.807, 2.05) is 13.8 Å². The van der Waals surface area contributed by atoms with Crippen molar-refractivity contribution in [1.82, 2.24) is 5.32 Å². The summed E-state index contributed by atoms with van der Waals surface area (Å²) in [5.74, 6) is -0.455. The van der Waals surface area contributed by atoms with Crippen LogP contribution in [0.15, 0.2) is 0 Å². The maximum atomic E-state index is 12.1. The summed E-state index contributed by atoms with van der Waals surface area (Å²) in [6.45, 7) is 7.77. The predicted molar refractivity (Wildman–Crippen MR) is 66.7 cm³/mol. The fourth-order valence-electron chi connectivity index (χ4n) is 1.40. The van der Waals surface area contributed by atoms with Crippen LogP contribution < -0.4 is 11.1 Å². The number of primary amides is 1. The molecule has 0 aliphatic heterocycles. The Balaban J connectivity index is 4.47. The third-order valence-corrected chi connectivity index (χ3v) is 4.00. The molecule has 0 radical (unpaired) electrons. The monoisotopic (exact) mass is 266 g/mol. The molecule has 102 valence electrons. The summed E-state index contributed by atoms with van der Waals surface area (Å²) >= 11 is 0. The topological polar surface area (TPSA) is 90.6 Å². The first-order chi connectivity index (χ1) is 7.86. The lowest BCUT2D eigenvalue weighted by molar-refractivity contribution is -0.120. The van der Waals surface area contributed by atoms with Gasteiger partial charge in [0.05, 0.1) is 25.5 Å². The van der Waals surface area contributed by atoms with Crippen LogP contribution in [0.3, 0.4) is 0 Å². The summed E-state index contributed by atoms with van der Waals surface area (Å²) in [5.41, 5.74) is 5.24. The zero-order valence-electron chi connectivity index (χ0n) is 10.9. The lowest BCUT2D eigenvalue weighted by atomic mass is 10.0. The Morgan fingerprint density at radius 1 is 1.29 bits per heavy atom. The normalized spacial score (nSPS) is 13.9. The molecule has 6 nitrogen and oxygen atoms in total. The largest absolute Gasteiger partial charge is 0.368 e. The van der Waals surface area contributed by atoms with E-state index in [-0.39, 0.29) is 12.2 Å². The van der Waals surface area contributed by atoms with Crippen molar-refractivity contribution in [2.24, 2.45) is 11.7 Å². The van der Waals surface area contributed by atoms with Gasteiger partial charge in [0.2, 0.25) is 5.91 Å². The molecule has 0 aliphatic rings. The maximum Gasteiger partial charge on any atom is 0.344 e. The van der Waals surface area contributed by atoms with E-state index in [2.05, 4.69) is 5.32 Å². The Morgan fingerprint density at radius 2 is 1.76 bits per heavy atom. The van der Waals surface area contributed by atoms with Gasteiger partial charge in [0.25, 0.3) is 0 Å². The first-order valence-electron chi connectivity index (χ1n) is 5.77. The van der Waals surface area contributed by atoms with Gasteiger partial charge in [-0.05, 0) is 19.8 Å². The molecule has 0 heterocycles. The van der Waals surface area contributed by atoms with E-state index in [1.165, 1.54) is 0 Å². The average molecular weight is 266 g/mol. The number of carbonyl (C=O) groups is 1. The van der Waals surface area contributed by atoms with Crippen LogP contribution in [0.5, 0.6) is 0 Å². The van der Waals surface area contributed by atoms with Crippen molar-refractivity contribution in [3.8, 4) is 0 Å². The van der Waals surface area contributed by atoms with E-state index >= 15 is 0 Å². The molecule has 0 saturated heterocycles. The van der Waals surface area contributed by atoms with Crippen LogP contribution in [0, 0.1) is 5.92 Å². The van der Waals surface area contributed by atoms with Crippen molar-refractivity contribution in [3.05, 3.63) is 0 Å². The lowest BCUT2D eigenvalue weighted by Gasteiger charge is -2.23. The van der Waals surface area contributed by atoms with Crippen molar-refractivity contribution in [2.75, 3.05) is 19.5 Å². The minimum Gasteiger partial charge on any atom is -0.368 e. The summed E-state index contributed by atoms with van der Waals surface area (Å²) in [6, 6.07) is -0.538. The van der Waals surface area contributed by atoms with Crippen molar-refractivity contribution >= 4 is 13.5 Å². The van der Waals surface area contributed by atoms with E-state index in [9.17, 15) is 9.36 Å². The van der Waals surface area contributed by atoms with Crippen molar-refractivity contribution in [3.63, 3.8) is 0 Å². The highest BCUT2D eigenvalue weighted by molar-refractivity contribution is 7.53. The van der Waals surface area contributed by atoms with E-state index in [0.29, 0.717) is 13.2 Å². The molecule has 0 unspecified atom stereocenters. The Hall–Kier alpha value is -0.420. The molecule has 0 aromatic carbocycles. The molecular formula is C10H23N2O4P. The van der Waals surface area contributed by atoms with Crippen LogP contribution in [0.25, 0.3) is 0 Å². The molecule has 0 bridgehead atoms. The minimum atomic E-state index is -3.17. The summed E-state index contributed by atoms with van der Waals surface area (Å²) < 4.78 is 22.3. The van der Waals surface area contributed by atoms with Gasteiger partial charge in [0.1, 0.15) is 0 Å². The average Bonchev–Trinajstić information content (AvgIpc) is 2.17. The van der Waals surface area contributed by atoms with Crippen LogP contribution in [-0.4, -0.2) is 31.4 Å². The summed E-state index contributed by atoms with van der Waals surface area (Å²) in [4.78, 5) is 11.2. The number of hydrogen-bond donors (Lipinski definition) is 2. The molecule has 0 aromatic rings. The standard InChI is InChI=1S/C10H23N2O4P/c1-5-15-17(14,16-6-2)7-12-9(8(3)4)10(11)13/h8-9,12H,5-7H2,1-4H3,(H2,11,13)/t9-/m0/s1. The van der Waals surface area contributed by atoms with Gasteiger partial charge in [-0.2, -0.15) is 0 Å². The summed E-state index contributed by atoms with van der Waals surface area (Å²) in [5, 5.41) is 2.84. The molecule has 0 fully saturated rings. The molecule has 0 rings (SSSR count). The first-order valence-corrected chi connectivity index (χ1v) is 7.50. The zero-order chi connectivity index (χ0) is 13.5. The fourth-order valence-corrected chi connectivity index (χ4v) is 2.86. The molecule has 1 amide bonds. The third kappa shape index (κ3) is 6.17. The molecule has 7 heteroatoms. The van der Waals surface area contributed by atoms with Gasteiger partial charge in [-0.25, -0.2) is 0 Å². The third-order valence-electron chi connectivity index (χ3n) is 2.13. The second-order valence-corrected chi connectivity index (χ2v) is 5.99. The number of carbonyl (C=O) groups excluding carboxylic acids is 1. The number of nitrogens with one attached hydrogen (secondary N) is 1. The molecule has 3 N–H and O–H groups in total. The predicted octanol–water partition coefficient (Wildman–Crippen LogP) is 1.31. The van der Waals surface area contributed by atoms with Crippen LogP contribution in [0.2, 0.25) is 0 Å². The first kappa shape index (κ1) is 16.6. The highest BCUT2D eigenvalue weighted by Gasteiger charge is 2.27. The molecule has 1 atom stereocenters. The molecule has 17 heavy (non-hydrogen) atoms. The van der Waals surface area contributed by atoms with Crippen LogP contribution >= 0.6 is 7.60 Å². The Labute approximate surface area is 103 Å². The van der Waals surface area contributed by atoms with Gasteiger partial charge in [-0.15, -0.1) is 0 Å². The number of rotatable bonds is 9. The van der Waals surface area contributed by atoms with Crippen LogP contribution in [-0.2, 0) is 18.4 Å². The molecule has 0 saturated carbocycles. The van der Waals surface area contributed by atoms with Crippen LogP contribution in [0.4, 0.5) is 0 Å². The van der Waals surface area contributed by atoms with Gasteiger partial charge in [-0.3, -0.25) is 14.7 Å². The Kier molecular flexibility index (Phi) is 7.63. The zero-order valence-corrected chi connectivity index (χ0v) is 11.8. The van der Waals surface area contributed by atoms with Crippen LogP contribution in [0.1, 0.15) is 27.7 Å². The van der Waals surface area contributed by atoms with E-state index < -0.39 is 19.5 Å². The van der Waals surface area contributed by atoms with Gasteiger partial charge < -0.3 is 14.8 Å². The Bertz CT molecular complexity index is 273. The fraction of sp³-hybridized carbons (Fsp3) is 0.900. The highest BCUT2D eigenvalue weighted by atomic mass is 31.2. The molecule has 0 spiro atoms. The highest BCUT2D eigenvalue weighted by Crippen LogP contribution is 2.46. The maximum absolute atomic E-state index is 12.1.